The molecular weight excluding hydrogens is 350 g/mol. The number of nitro groups is 1. The zero-order valence-electron chi connectivity index (χ0n) is 16.1. The Morgan fingerprint density at radius 3 is 2.85 bits per heavy atom. The van der Waals surface area contributed by atoms with E-state index >= 15 is 0 Å². The molecule has 1 fully saturated rings. The molecule has 0 bridgehead atoms. The van der Waals surface area contributed by atoms with Crippen molar-refractivity contribution in [3.63, 3.8) is 0 Å². The smallest absolute Gasteiger partial charge is 0.410 e. The number of nitrogens with one attached hydrogen (secondary N) is 1. The first kappa shape index (κ1) is 18.9. The first-order chi connectivity index (χ1) is 12.6. The zero-order valence-corrected chi connectivity index (χ0v) is 16.1. The summed E-state index contributed by atoms with van der Waals surface area (Å²) in [7, 11) is 1.75. The van der Waals surface area contributed by atoms with E-state index in [0.717, 1.165) is 19.4 Å². The van der Waals surface area contributed by atoms with Crippen LogP contribution in [0.3, 0.4) is 0 Å². The van der Waals surface area contributed by atoms with E-state index in [0.29, 0.717) is 23.5 Å². The third-order valence-corrected chi connectivity index (χ3v) is 4.59. The van der Waals surface area contributed by atoms with Gasteiger partial charge in [-0.1, -0.05) is 0 Å². The van der Waals surface area contributed by atoms with Crippen LogP contribution in [-0.2, 0) is 4.74 Å². The van der Waals surface area contributed by atoms with E-state index in [1.165, 1.54) is 12.1 Å². The lowest BCUT2D eigenvalue weighted by Gasteiger charge is -2.37. The Bertz CT molecular complexity index is 857. The van der Waals surface area contributed by atoms with Gasteiger partial charge in [-0.3, -0.25) is 10.1 Å². The molecule has 2 aromatic rings. The molecule has 1 atom stereocenters. The highest BCUT2D eigenvalue weighted by molar-refractivity contribution is 5.80. The summed E-state index contributed by atoms with van der Waals surface area (Å²) in [5.41, 5.74) is 0.798. The van der Waals surface area contributed by atoms with Gasteiger partial charge in [0.05, 0.1) is 22.0 Å². The van der Waals surface area contributed by atoms with E-state index in [2.05, 4.69) is 14.9 Å². The lowest BCUT2D eigenvalue weighted by molar-refractivity contribution is -0.384. The lowest BCUT2D eigenvalue weighted by Crippen LogP contribution is -2.50. The number of piperidine rings is 1. The predicted octanol–water partition coefficient (Wildman–Crippen LogP) is 3.31. The van der Waals surface area contributed by atoms with Gasteiger partial charge in [-0.15, -0.1) is 0 Å². The van der Waals surface area contributed by atoms with Crippen molar-refractivity contribution in [3.05, 3.63) is 28.3 Å². The van der Waals surface area contributed by atoms with Crippen molar-refractivity contribution in [1.29, 1.82) is 0 Å². The van der Waals surface area contributed by atoms with Crippen LogP contribution in [0, 0.1) is 10.1 Å². The summed E-state index contributed by atoms with van der Waals surface area (Å²) in [5, 5.41) is 10.9. The number of carbonyl (C=O) groups excluding carboxylic acids is 1. The van der Waals surface area contributed by atoms with Crippen molar-refractivity contribution < 1.29 is 14.5 Å². The van der Waals surface area contributed by atoms with Crippen LogP contribution in [0.2, 0.25) is 0 Å². The molecule has 1 aromatic carbocycles. The van der Waals surface area contributed by atoms with E-state index in [1.807, 2.05) is 20.8 Å². The number of hydrogen-bond donors (Lipinski definition) is 1. The average molecular weight is 375 g/mol. The van der Waals surface area contributed by atoms with Crippen molar-refractivity contribution in [2.45, 2.75) is 45.3 Å². The van der Waals surface area contributed by atoms with E-state index in [9.17, 15) is 14.9 Å². The average Bonchev–Trinajstić information content (AvgIpc) is 3.03. The van der Waals surface area contributed by atoms with Gasteiger partial charge < -0.3 is 19.5 Å². The summed E-state index contributed by atoms with van der Waals surface area (Å²) in [6, 6.07) is 4.58. The quantitative estimate of drug-likeness (QED) is 0.652. The monoisotopic (exact) mass is 375 g/mol. The minimum Gasteiger partial charge on any atom is -0.444 e. The van der Waals surface area contributed by atoms with Gasteiger partial charge in [0.1, 0.15) is 5.60 Å². The highest BCUT2D eigenvalue weighted by atomic mass is 16.6. The van der Waals surface area contributed by atoms with Crippen LogP contribution < -0.4 is 4.90 Å². The van der Waals surface area contributed by atoms with Gasteiger partial charge in [0.25, 0.3) is 5.69 Å². The Hall–Kier alpha value is -2.84. The standard InChI is InChI=1S/C18H25N5O4/c1-18(2,3)27-17(24)21(4)13-6-5-9-22(11-13)16-19-14-8-7-12(23(25)26)10-15(14)20-16/h7-8,10,13H,5-6,9,11H2,1-4H3,(H,19,20)/t13-/m1/s1. The van der Waals surface area contributed by atoms with E-state index in [4.69, 9.17) is 4.74 Å². The van der Waals surface area contributed by atoms with Gasteiger partial charge in [-0.2, -0.15) is 0 Å². The Morgan fingerprint density at radius 1 is 1.44 bits per heavy atom. The molecule has 0 aliphatic carbocycles. The van der Waals surface area contributed by atoms with Crippen LogP contribution in [-0.4, -0.2) is 57.7 Å². The number of aromatic nitrogens is 2. The molecule has 1 N–H and O–H groups in total. The Balaban J connectivity index is 1.75. The molecule has 0 saturated carbocycles. The molecule has 9 heteroatoms. The number of carbonyl (C=O) groups is 1. The number of benzene rings is 1. The minimum absolute atomic E-state index is 0.0103. The molecule has 1 aliphatic rings. The van der Waals surface area contributed by atoms with Crippen LogP contribution in [0.5, 0.6) is 0 Å². The summed E-state index contributed by atoms with van der Waals surface area (Å²) >= 11 is 0. The van der Waals surface area contributed by atoms with Crippen molar-refractivity contribution in [3.8, 4) is 0 Å². The van der Waals surface area contributed by atoms with Crippen LogP contribution in [0.1, 0.15) is 33.6 Å². The van der Waals surface area contributed by atoms with E-state index in [1.54, 1.807) is 18.0 Å². The number of rotatable bonds is 3. The first-order valence-electron chi connectivity index (χ1n) is 8.99. The highest BCUT2D eigenvalue weighted by Crippen LogP contribution is 2.25. The molecule has 0 radical (unpaired) electrons. The van der Waals surface area contributed by atoms with Crippen LogP contribution >= 0.6 is 0 Å². The number of non-ortho nitro benzene ring substituents is 1. The van der Waals surface area contributed by atoms with Crippen molar-refractivity contribution in [2.75, 3.05) is 25.0 Å². The van der Waals surface area contributed by atoms with Gasteiger partial charge in [0, 0.05) is 32.3 Å². The first-order valence-corrected chi connectivity index (χ1v) is 8.99. The number of H-pyrrole nitrogens is 1. The summed E-state index contributed by atoms with van der Waals surface area (Å²) < 4.78 is 5.46. The van der Waals surface area contributed by atoms with Gasteiger partial charge in [-0.05, 0) is 39.7 Å². The fraction of sp³-hybridized carbons (Fsp3) is 0.556. The number of nitrogens with zero attached hydrogens (tertiary/aromatic N) is 4. The van der Waals surface area contributed by atoms with Gasteiger partial charge in [0.15, 0.2) is 0 Å². The highest BCUT2D eigenvalue weighted by Gasteiger charge is 2.30. The maximum absolute atomic E-state index is 12.3. The minimum atomic E-state index is -0.535. The topological polar surface area (TPSA) is 105 Å². The molecule has 146 valence electrons. The van der Waals surface area contributed by atoms with Gasteiger partial charge >= 0.3 is 6.09 Å². The molecule has 1 aromatic heterocycles. The largest absolute Gasteiger partial charge is 0.444 e. The fourth-order valence-corrected chi connectivity index (χ4v) is 3.19. The second-order valence-corrected chi connectivity index (χ2v) is 7.85. The van der Waals surface area contributed by atoms with Gasteiger partial charge in [0.2, 0.25) is 5.95 Å². The molecule has 0 unspecified atom stereocenters. The Kier molecular flexibility index (Phi) is 4.95. The molecular formula is C18H25N5O4. The number of nitro benzene ring substituents is 1. The molecule has 2 heterocycles. The molecule has 1 amide bonds. The van der Waals surface area contributed by atoms with Crippen molar-refractivity contribution >= 4 is 28.8 Å². The number of imidazole rings is 1. The van der Waals surface area contributed by atoms with E-state index < -0.39 is 10.5 Å². The number of amides is 1. The number of anilines is 1. The van der Waals surface area contributed by atoms with E-state index in [-0.39, 0.29) is 17.8 Å². The second kappa shape index (κ2) is 7.05. The summed E-state index contributed by atoms with van der Waals surface area (Å²) in [6.07, 6.45) is 1.46. The third kappa shape index (κ3) is 4.29. The molecule has 1 saturated heterocycles. The maximum atomic E-state index is 12.3. The second-order valence-electron chi connectivity index (χ2n) is 7.85. The SMILES string of the molecule is CN(C(=O)OC(C)(C)C)[C@@H]1CCCN(c2nc3ccc([N+](=O)[O-])cc3[nH]2)C1. The van der Waals surface area contributed by atoms with Crippen molar-refractivity contribution in [1.82, 2.24) is 14.9 Å². The van der Waals surface area contributed by atoms with Crippen molar-refractivity contribution in [2.24, 2.45) is 0 Å². The summed E-state index contributed by atoms with van der Waals surface area (Å²) in [5.74, 6) is 0.660. The zero-order chi connectivity index (χ0) is 19.8. The number of hydrogen-bond acceptors (Lipinski definition) is 6. The normalized spacial score (nSPS) is 17.8. The fourth-order valence-electron chi connectivity index (χ4n) is 3.19. The Labute approximate surface area is 157 Å². The number of likely N-dealkylation sites (N-methyl/N-ethyl adjacent to an activating group) is 1. The molecule has 27 heavy (non-hydrogen) atoms. The third-order valence-electron chi connectivity index (χ3n) is 4.59. The number of fused-ring (bicyclic) bond motifs is 1. The molecule has 1 aliphatic heterocycles. The van der Waals surface area contributed by atoms with Gasteiger partial charge in [-0.25, -0.2) is 9.78 Å². The molecule has 9 nitrogen and oxygen atoms in total. The molecule has 0 spiro atoms. The maximum Gasteiger partial charge on any atom is 0.410 e. The number of ether oxygens (including phenoxy) is 1. The number of aromatic amines is 1. The summed E-state index contributed by atoms with van der Waals surface area (Å²) in [4.78, 5) is 34.3. The lowest BCUT2D eigenvalue weighted by atomic mass is 10.1. The Morgan fingerprint density at radius 2 is 2.19 bits per heavy atom. The summed E-state index contributed by atoms with van der Waals surface area (Å²) in [6.45, 7) is 6.97. The predicted molar refractivity (Wildman–Crippen MR) is 102 cm³/mol. The van der Waals surface area contributed by atoms with Crippen LogP contribution in [0.15, 0.2) is 18.2 Å². The van der Waals surface area contributed by atoms with Crippen LogP contribution in [0.4, 0.5) is 16.4 Å². The molecule has 3 rings (SSSR count). The van der Waals surface area contributed by atoms with Crippen LogP contribution in [0.25, 0.3) is 11.0 Å².